The van der Waals surface area contributed by atoms with Gasteiger partial charge in [0.15, 0.2) is 0 Å². The highest BCUT2D eigenvalue weighted by atomic mass is 79.9. The molecular formula is C12H10BrF2N3O. The Balaban J connectivity index is 2.11. The number of alkyl halides is 2. The maximum absolute atomic E-state index is 12.3. The first-order valence-corrected chi connectivity index (χ1v) is 6.22. The second-order valence-electron chi connectivity index (χ2n) is 3.76. The van der Waals surface area contributed by atoms with Gasteiger partial charge in [0.25, 0.3) is 12.3 Å². The van der Waals surface area contributed by atoms with Gasteiger partial charge in [-0.2, -0.15) is 0 Å². The second-order valence-corrected chi connectivity index (χ2v) is 4.57. The van der Waals surface area contributed by atoms with Crippen LogP contribution < -0.4 is 5.32 Å². The van der Waals surface area contributed by atoms with Gasteiger partial charge >= 0.3 is 0 Å². The Kier molecular flexibility index (Phi) is 4.26. The molecule has 0 fully saturated rings. The minimum atomic E-state index is -2.51. The highest BCUT2D eigenvalue weighted by molar-refractivity contribution is 9.10. The smallest absolute Gasteiger partial charge is 0.272 e. The number of hydrogen-bond donors (Lipinski definition) is 1. The Morgan fingerprint density at radius 3 is 2.84 bits per heavy atom. The fourth-order valence-corrected chi connectivity index (χ4v) is 1.81. The van der Waals surface area contributed by atoms with Gasteiger partial charge in [-0.15, -0.1) is 0 Å². The Bertz CT molecular complexity index is 569. The topological polar surface area (TPSA) is 46.9 Å². The number of aromatic nitrogens is 2. The summed E-state index contributed by atoms with van der Waals surface area (Å²) in [4.78, 5) is 15.9. The molecule has 4 nitrogen and oxygen atoms in total. The number of anilines is 1. The molecule has 7 heteroatoms. The monoisotopic (exact) mass is 329 g/mol. The van der Waals surface area contributed by atoms with E-state index < -0.39 is 18.9 Å². The van der Waals surface area contributed by atoms with Crippen molar-refractivity contribution in [3.8, 4) is 0 Å². The van der Waals surface area contributed by atoms with Crippen LogP contribution >= 0.6 is 15.9 Å². The summed E-state index contributed by atoms with van der Waals surface area (Å²) in [6.07, 6.45) is 0.414. The molecule has 0 aromatic carbocycles. The number of rotatable bonds is 4. The minimum Gasteiger partial charge on any atom is -0.338 e. The van der Waals surface area contributed by atoms with E-state index in [4.69, 9.17) is 0 Å². The maximum Gasteiger partial charge on any atom is 0.272 e. The van der Waals surface area contributed by atoms with E-state index in [1.54, 1.807) is 18.2 Å². The lowest BCUT2D eigenvalue weighted by atomic mass is 10.3. The molecule has 1 amide bonds. The molecule has 0 aliphatic carbocycles. The summed E-state index contributed by atoms with van der Waals surface area (Å²) >= 11 is 3.18. The normalized spacial score (nSPS) is 10.7. The maximum atomic E-state index is 12.3. The lowest BCUT2D eigenvalue weighted by Crippen LogP contribution is -2.18. The predicted molar refractivity (Wildman–Crippen MR) is 70.3 cm³/mol. The van der Waals surface area contributed by atoms with Gasteiger partial charge in [0, 0.05) is 6.20 Å². The molecule has 2 aromatic heterocycles. The molecule has 2 heterocycles. The van der Waals surface area contributed by atoms with Crippen LogP contribution in [0.3, 0.4) is 0 Å². The quantitative estimate of drug-likeness (QED) is 0.876. The van der Waals surface area contributed by atoms with Gasteiger partial charge in [-0.25, -0.2) is 13.8 Å². The van der Waals surface area contributed by atoms with Crippen LogP contribution in [0, 0.1) is 0 Å². The summed E-state index contributed by atoms with van der Waals surface area (Å²) in [6, 6.07) is 6.38. The number of nitrogens with zero attached hydrogens (tertiary/aromatic N) is 2. The molecule has 0 unspecified atom stereocenters. The summed E-state index contributed by atoms with van der Waals surface area (Å²) in [5.74, 6) is -0.449. The van der Waals surface area contributed by atoms with Crippen molar-refractivity contribution in [3.63, 3.8) is 0 Å². The summed E-state index contributed by atoms with van der Waals surface area (Å²) in [5, 5.41) is 2.60. The van der Waals surface area contributed by atoms with Crippen LogP contribution in [-0.2, 0) is 6.54 Å². The zero-order valence-corrected chi connectivity index (χ0v) is 11.3. The average molecular weight is 330 g/mol. The van der Waals surface area contributed by atoms with Gasteiger partial charge in [0.1, 0.15) is 10.3 Å². The summed E-state index contributed by atoms with van der Waals surface area (Å²) in [7, 11) is 0. The fourth-order valence-electron chi connectivity index (χ4n) is 1.57. The molecule has 0 saturated carbocycles. The number of carbonyl (C=O) groups excluding carboxylic acids is 1. The zero-order chi connectivity index (χ0) is 13.8. The molecule has 0 aliphatic rings. The van der Waals surface area contributed by atoms with Gasteiger partial charge in [-0.3, -0.25) is 4.79 Å². The SMILES string of the molecule is O=C(Nc1ccc(Br)nc1)c1cccn1CC(F)F. The van der Waals surface area contributed by atoms with E-state index in [0.29, 0.717) is 10.3 Å². The van der Waals surface area contributed by atoms with Crippen LogP contribution in [0.1, 0.15) is 10.5 Å². The third kappa shape index (κ3) is 3.60. The molecule has 0 aliphatic heterocycles. The van der Waals surface area contributed by atoms with E-state index >= 15 is 0 Å². The molecule has 1 N–H and O–H groups in total. The first-order chi connectivity index (χ1) is 9.06. The lowest BCUT2D eigenvalue weighted by Gasteiger charge is -2.09. The van der Waals surface area contributed by atoms with Gasteiger partial charge < -0.3 is 9.88 Å². The number of carbonyl (C=O) groups is 1. The van der Waals surface area contributed by atoms with Gasteiger partial charge in [0.2, 0.25) is 0 Å². The predicted octanol–water partition coefficient (Wildman–Crippen LogP) is 3.16. The van der Waals surface area contributed by atoms with Crippen molar-refractivity contribution in [2.24, 2.45) is 0 Å². The summed E-state index contributed by atoms with van der Waals surface area (Å²) < 4.78 is 26.5. The van der Waals surface area contributed by atoms with Crippen molar-refractivity contribution in [1.82, 2.24) is 9.55 Å². The highest BCUT2D eigenvalue weighted by Gasteiger charge is 2.14. The lowest BCUT2D eigenvalue weighted by molar-refractivity contribution is 0.0997. The van der Waals surface area contributed by atoms with Crippen LogP contribution in [0.2, 0.25) is 0 Å². The molecule has 0 spiro atoms. The first-order valence-electron chi connectivity index (χ1n) is 5.42. The van der Waals surface area contributed by atoms with Crippen molar-refractivity contribution in [3.05, 3.63) is 47.0 Å². The van der Waals surface area contributed by atoms with Crippen molar-refractivity contribution in [2.75, 3.05) is 5.32 Å². The van der Waals surface area contributed by atoms with Crippen LogP contribution in [0.15, 0.2) is 41.3 Å². The van der Waals surface area contributed by atoms with Crippen LogP contribution in [0.25, 0.3) is 0 Å². The molecule has 0 bridgehead atoms. The highest BCUT2D eigenvalue weighted by Crippen LogP contribution is 2.13. The number of halogens is 3. The molecule has 100 valence electrons. The first kappa shape index (κ1) is 13.7. The van der Waals surface area contributed by atoms with E-state index in [-0.39, 0.29) is 5.69 Å². The second kappa shape index (κ2) is 5.92. The number of amides is 1. The van der Waals surface area contributed by atoms with E-state index in [1.165, 1.54) is 23.0 Å². The van der Waals surface area contributed by atoms with Gasteiger partial charge in [0.05, 0.1) is 18.4 Å². The van der Waals surface area contributed by atoms with Crippen LogP contribution in [0.4, 0.5) is 14.5 Å². The molecule has 0 saturated heterocycles. The Hall–Kier alpha value is -1.76. The van der Waals surface area contributed by atoms with Gasteiger partial charge in [-0.05, 0) is 40.2 Å². The largest absolute Gasteiger partial charge is 0.338 e. The van der Waals surface area contributed by atoms with Crippen molar-refractivity contribution in [1.29, 1.82) is 0 Å². The van der Waals surface area contributed by atoms with Crippen molar-refractivity contribution >= 4 is 27.5 Å². The number of nitrogens with one attached hydrogen (secondary N) is 1. The molecular weight excluding hydrogens is 320 g/mol. The van der Waals surface area contributed by atoms with Gasteiger partial charge in [-0.1, -0.05) is 0 Å². The molecule has 2 aromatic rings. The van der Waals surface area contributed by atoms with E-state index in [2.05, 4.69) is 26.2 Å². The van der Waals surface area contributed by atoms with E-state index in [1.807, 2.05) is 0 Å². The van der Waals surface area contributed by atoms with Crippen molar-refractivity contribution in [2.45, 2.75) is 13.0 Å². The Morgan fingerprint density at radius 1 is 1.42 bits per heavy atom. The Labute approximate surface area is 116 Å². The van der Waals surface area contributed by atoms with Crippen LogP contribution in [0.5, 0.6) is 0 Å². The van der Waals surface area contributed by atoms with E-state index in [0.717, 1.165) is 0 Å². The minimum absolute atomic E-state index is 0.184. The standard InChI is InChI=1S/C12H10BrF2N3O/c13-10-4-3-8(6-16-10)17-12(19)9-2-1-5-18(9)7-11(14)15/h1-6,11H,7H2,(H,17,19). The molecule has 0 atom stereocenters. The third-order valence-electron chi connectivity index (χ3n) is 2.38. The van der Waals surface area contributed by atoms with Crippen molar-refractivity contribution < 1.29 is 13.6 Å². The molecule has 0 radical (unpaired) electrons. The van der Waals surface area contributed by atoms with Crippen LogP contribution in [-0.4, -0.2) is 21.9 Å². The average Bonchev–Trinajstić information content (AvgIpc) is 2.79. The summed E-state index contributed by atoms with van der Waals surface area (Å²) in [6.45, 7) is -0.506. The molecule has 19 heavy (non-hydrogen) atoms. The summed E-state index contributed by atoms with van der Waals surface area (Å²) in [5.41, 5.74) is 0.682. The fraction of sp³-hybridized carbons (Fsp3) is 0.167. The Morgan fingerprint density at radius 2 is 2.21 bits per heavy atom. The third-order valence-corrected chi connectivity index (χ3v) is 2.85. The molecule has 2 rings (SSSR count). The zero-order valence-electron chi connectivity index (χ0n) is 9.69. The number of pyridine rings is 1. The van der Waals surface area contributed by atoms with E-state index in [9.17, 15) is 13.6 Å². The number of hydrogen-bond acceptors (Lipinski definition) is 2.